The van der Waals surface area contributed by atoms with E-state index in [2.05, 4.69) is 11.4 Å². The fourth-order valence-corrected chi connectivity index (χ4v) is 4.31. The minimum atomic E-state index is -0.118. The molecule has 0 aliphatic carbocycles. The number of hydrogen-bond acceptors (Lipinski definition) is 6. The molecule has 130 valence electrons. The fourth-order valence-electron chi connectivity index (χ4n) is 2.47. The van der Waals surface area contributed by atoms with Gasteiger partial charge in [0.1, 0.15) is 22.3 Å². The number of benzene rings is 2. The normalized spacial score (nSPS) is 10.2. The Bertz CT molecular complexity index is 958. The Labute approximate surface area is 160 Å². The molecule has 0 aliphatic rings. The number of thioether (sulfide) groups is 1. The molecule has 1 heterocycles. The molecule has 0 radical (unpaired) electrons. The van der Waals surface area contributed by atoms with Gasteiger partial charge < -0.3 is 10.1 Å². The Morgan fingerprint density at radius 2 is 1.85 bits per heavy atom. The Morgan fingerprint density at radius 1 is 1.15 bits per heavy atom. The third-order valence-corrected chi connectivity index (χ3v) is 6.08. The predicted molar refractivity (Wildman–Crippen MR) is 107 cm³/mol. The van der Waals surface area contributed by atoms with Gasteiger partial charge in [-0.05, 0) is 42.7 Å². The van der Waals surface area contributed by atoms with Crippen molar-refractivity contribution in [2.24, 2.45) is 0 Å². The fraction of sp³-hybridized carbons (Fsp3) is 0.100. The van der Waals surface area contributed by atoms with Gasteiger partial charge in [-0.1, -0.05) is 18.2 Å². The molecule has 3 aromatic rings. The SMILES string of the molecule is COc1ccc(C(=O)c2sc(SC)c(C#N)c2Nc2ccccc2)cc1. The van der Waals surface area contributed by atoms with Gasteiger partial charge in [0.05, 0.1) is 17.0 Å². The minimum absolute atomic E-state index is 0.118. The molecule has 0 amide bonds. The number of ketones is 1. The van der Waals surface area contributed by atoms with Crippen molar-refractivity contribution >= 4 is 40.3 Å². The molecule has 0 saturated carbocycles. The molecular formula is C20H16N2O2S2. The first-order valence-electron chi connectivity index (χ1n) is 7.79. The summed E-state index contributed by atoms with van der Waals surface area (Å²) >= 11 is 2.81. The number of ether oxygens (including phenoxy) is 1. The van der Waals surface area contributed by atoms with Gasteiger partial charge >= 0.3 is 0 Å². The van der Waals surface area contributed by atoms with Gasteiger partial charge in [-0.3, -0.25) is 4.79 Å². The van der Waals surface area contributed by atoms with E-state index in [0.29, 0.717) is 27.4 Å². The van der Waals surface area contributed by atoms with Crippen molar-refractivity contribution in [3.63, 3.8) is 0 Å². The highest BCUT2D eigenvalue weighted by Gasteiger charge is 2.24. The van der Waals surface area contributed by atoms with Crippen LogP contribution in [-0.4, -0.2) is 19.1 Å². The quantitative estimate of drug-likeness (QED) is 0.463. The van der Waals surface area contributed by atoms with Crippen LogP contribution >= 0.6 is 23.1 Å². The number of nitriles is 1. The molecule has 3 rings (SSSR count). The zero-order chi connectivity index (χ0) is 18.5. The number of rotatable bonds is 6. The number of nitrogens with one attached hydrogen (secondary N) is 1. The van der Waals surface area contributed by atoms with Crippen molar-refractivity contribution in [3.8, 4) is 11.8 Å². The van der Waals surface area contributed by atoms with Crippen LogP contribution < -0.4 is 10.1 Å². The molecule has 0 fully saturated rings. The monoisotopic (exact) mass is 380 g/mol. The molecule has 1 aromatic heterocycles. The van der Waals surface area contributed by atoms with Crippen LogP contribution in [0.5, 0.6) is 5.75 Å². The summed E-state index contributed by atoms with van der Waals surface area (Å²) in [5.74, 6) is 0.575. The molecule has 4 nitrogen and oxygen atoms in total. The molecule has 6 heteroatoms. The summed E-state index contributed by atoms with van der Waals surface area (Å²) in [5, 5.41) is 12.9. The number of thiophene rings is 1. The van der Waals surface area contributed by atoms with Gasteiger partial charge in [-0.2, -0.15) is 5.26 Å². The first-order valence-corrected chi connectivity index (χ1v) is 9.83. The van der Waals surface area contributed by atoms with Gasteiger partial charge in [0.15, 0.2) is 0 Å². The largest absolute Gasteiger partial charge is 0.497 e. The van der Waals surface area contributed by atoms with Crippen LogP contribution in [0.1, 0.15) is 20.8 Å². The van der Waals surface area contributed by atoms with E-state index in [1.807, 2.05) is 36.6 Å². The number of anilines is 2. The molecule has 2 aromatic carbocycles. The summed E-state index contributed by atoms with van der Waals surface area (Å²) in [4.78, 5) is 13.6. The lowest BCUT2D eigenvalue weighted by molar-refractivity contribution is 0.104. The molecule has 1 N–H and O–H groups in total. The number of carbonyl (C=O) groups is 1. The maximum atomic E-state index is 13.1. The Kier molecular flexibility index (Phi) is 5.61. The van der Waals surface area contributed by atoms with E-state index in [1.54, 1.807) is 31.4 Å². The third kappa shape index (κ3) is 3.59. The Morgan fingerprint density at radius 3 is 2.42 bits per heavy atom. The minimum Gasteiger partial charge on any atom is -0.497 e. The van der Waals surface area contributed by atoms with Crippen LogP contribution in [0.4, 0.5) is 11.4 Å². The lowest BCUT2D eigenvalue weighted by Gasteiger charge is -2.08. The summed E-state index contributed by atoms with van der Waals surface area (Å²) in [7, 11) is 1.59. The topological polar surface area (TPSA) is 62.1 Å². The standard InChI is InChI=1S/C20H16N2O2S2/c1-24-15-10-8-13(9-11-15)18(23)19-17(16(12-21)20(25-2)26-19)22-14-6-4-3-5-7-14/h3-11,22H,1-2H3. The van der Waals surface area contributed by atoms with E-state index < -0.39 is 0 Å². The number of nitrogens with zero attached hydrogens (tertiary/aromatic N) is 1. The second-order valence-electron chi connectivity index (χ2n) is 5.33. The van der Waals surface area contributed by atoms with E-state index in [0.717, 1.165) is 9.90 Å². The van der Waals surface area contributed by atoms with Crippen LogP contribution in [0.3, 0.4) is 0 Å². The zero-order valence-corrected chi connectivity index (χ0v) is 15.9. The van der Waals surface area contributed by atoms with Gasteiger partial charge in [0.25, 0.3) is 0 Å². The summed E-state index contributed by atoms with van der Waals surface area (Å²) in [6.07, 6.45) is 1.90. The highest BCUT2D eigenvalue weighted by molar-refractivity contribution is 8.00. The summed E-state index contributed by atoms with van der Waals surface area (Å²) in [6, 6.07) is 18.7. The molecule has 0 aliphatic heterocycles. The van der Waals surface area contributed by atoms with Crippen LogP contribution in [-0.2, 0) is 0 Å². The highest BCUT2D eigenvalue weighted by Crippen LogP contribution is 2.41. The molecule has 0 unspecified atom stereocenters. The van der Waals surface area contributed by atoms with Gasteiger partial charge in [0, 0.05) is 11.3 Å². The van der Waals surface area contributed by atoms with Crippen LogP contribution in [0.25, 0.3) is 0 Å². The second-order valence-corrected chi connectivity index (χ2v) is 7.43. The van der Waals surface area contributed by atoms with Crippen molar-refractivity contribution in [2.45, 2.75) is 4.21 Å². The van der Waals surface area contributed by atoms with Crippen molar-refractivity contribution in [3.05, 3.63) is 70.6 Å². The number of carbonyl (C=O) groups excluding carboxylic acids is 1. The van der Waals surface area contributed by atoms with E-state index in [9.17, 15) is 10.1 Å². The number of para-hydroxylation sites is 1. The van der Waals surface area contributed by atoms with E-state index in [-0.39, 0.29) is 5.78 Å². The Hall–Kier alpha value is -2.75. The lowest BCUT2D eigenvalue weighted by atomic mass is 10.1. The maximum absolute atomic E-state index is 13.1. The zero-order valence-electron chi connectivity index (χ0n) is 14.3. The summed E-state index contributed by atoms with van der Waals surface area (Å²) in [6.45, 7) is 0. The molecular weight excluding hydrogens is 364 g/mol. The van der Waals surface area contributed by atoms with Gasteiger partial charge in [-0.25, -0.2) is 0 Å². The highest BCUT2D eigenvalue weighted by atomic mass is 32.2. The smallest absolute Gasteiger partial charge is 0.205 e. The summed E-state index contributed by atoms with van der Waals surface area (Å²) < 4.78 is 5.97. The second kappa shape index (κ2) is 8.09. The molecule has 0 spiro atoms. The average molecular weight is 380 g/mol. The molecule has 0 atom stereocenters. The van der Waals surface area contributed by atoms with Crippen LogP contribution in [0.2, 0.25) is 0 Å². The van der Waals surface area contributed by atoms with E-state index >= 15 is 0 Å². The number of methoxy groups -OCH3 is 1. The average Bonchev–Trinajstić information content (AvgIpc) is 3.05. The number of hydrogen-bond donors (Lipinski definition) is 1. The maximum Gasteiger partial charge on any atom is 0.205 e. The van der Waals surface area contributed by atoms with E-state index in [4.69, 9.17) is 4.74 Å². The Balaban J connectivity index is 2.06. The van der Waals surface area contributed by atoms with Crippen molar-refractivity contribution in [2.75, 3.05) is 18.7 Å². The predicted octanol–water partition coefficient (Wildman–Crippen LogP) is 5.32. The van der Waals surface area contributed by atoms with Crippen molar-refractivity contribution < 1.29 is 9.53 Å². The van der Waals surface area contributed by atoms with Crippen LogP contribution in [0.15, 0.2) is 58.8 Å². The molecule has 0 bridgehead atoms. The van der Waals surface area contributed by atoms with E-state index in [1.165, 1.54) is 23.1 Å². The third-order valence-electron chi connectivity index (χ3n) is 3.77. The summed E-state index contributed by atoms with van der Waals surface area (Å²) in [5.41, 5.74) is 2.45. The molecule has 26 heavy (non-hydrogen) atoms. The van der Waals surface area contributed by atoms with Crippen LogP contribution in [0, 0.1) is 11.3 Å². The van der Waals surface area contributed by atoms with Gasteiger partial charge in [0.2, 0.25) is 5.78 Å². The van der Waals surface area contributed by atoms with Crippen molar-refractivity contribution in [1.82, 2.24) is 0 Å². The first kappa shape index (κ1) is 18.1. The van der Waals surface area contributed by atoms with Crippen molar-refractivity contribution in [1.29, 1.82) is 5.26 Å². The lowest BCUT2D eigenvalue weighted by Crippen LogP contribution is -2.03. The first-order chi connectivity index (χ1) is 12.7. The van der Waals surface area contributed by atoms with Gasteiger partial charge in [-0.15, -0.1) is 23.1 Å². The molecule has 0 saturated heterocycles.